The van der Waals surface area contributed by atoms with Gasteiger partial charge in [0.15, 0.2) is 5.11 Å². The quantitative estimate of drug-likeness (QED) is 0.684. The first-order valence-corrected chi connectivity index (χ1v) is 6.68. The second-order valence-corrected chi connectivity index (χ2v) is 4.62. The molecule has 0 amide bonds. The molecule has 98 valence electrons. The van der Waals surface area contributed by atoms with Crippen molar-refractivity contribution in [3.05, 3.63) is 70.6 Å². The molecule has 4 heteroatoms. The third-order valence-electron chi connectivity index (χ3n) is 2.80. The van der Waals surface area contributed by atoms with Crippen LogP contribution in [0.5, 0.6) is 0 Å². The van der Waals surface area contributed by atoms with Crippen molar-refractivity contribution in [2.75, 3.05) is 6.54 Å². The highest BCUT2D eigenvalue weighted by Gasteiger charge is 2.00. The molecule has 0 radical (unpaired) electrons. The fourth-order valence-corrected chi connectivity index (χ4v) is 2.07. The smallest absolute Gasteiger partial charge is 0.256 e. The largest absolute Gasteiger partial charge is 0.362 e. The predicted molar refractivity (Wildman–Crippen MR) is 81.5 cm³/mol. The van der Waals surface area contributed by atoms with Gasteiger partial charge >= 0.3 is 0 Å². The molecule has 0 aliphatic heterocycles. The van der Waals surface area contributed by atoms with Crippen molar-refractivity contribution in [1.29, 1.82) is 0 Å². The van der Waals surface area contributed by atoms with Gasteiger partial charge in [-0.15, -0.1) is 0 Å². The summed E-state index contributed by atoms with van der Waals surface area (Å²) in [5.74, 6) is 0. The lowest BCUT2D eigenvalue weighted by Crippen LogP contribution is -2.35. The minimum Gasteiger partial charge on any atom is -0.362 e. The topological polar surface area (TPSA) is 34.0 Å². The minimum absolute atomic E-state index is 0.108. The van der Waals surface area contributed by atoms with E-state index in [0.29, 0.717) is 5.11 Å². The lowest BCUT2D eigenvalue weighted by atomic mass is 10.1. The molecule has 1 aromatic heterocycles. The van der Waals surface area contributed by atoms with Gasteiger partial charge in [0.1, 0.15) is 0 Å². The van der Waals surface area contributed by atoms with Crippen LogP contribution in [0.15, 0.2) is 59.5 Å². The molecule has 0 aliphatic carbocycles. The van der Waals surface area contributed by atoms with Gasteiger partial charge in [-0.1, -0.05) is 36.4 Å². The number of benzene rings is 1. The Labute approximate surface area is 117 Å². The van der Waals surface area contributed by atoms with Crippen LogP contribution < -0.4 is 10.9 Å². The fourth-order valence-electron chi connectivity index (χ4n) is 1.81. The second kappa shape index (κ2) is 6.85. The first-order valence-electron chi connectivity index (χ1n) is 6.27. The highest BCUT2D eigenvalue weighted by Crippen LogP contribution is 2.01. The molecule has 0 bridgehead atoms. The molecule has 0 saturated carbocycles. The van der Waals surface area contributed by atoms with Crippen molar-refractivity contribution in [2.45, 2.75) is 12.8 Å². The van der Waals surface area contributed by atoms with Gasteiger partial charge in [-0.25, -0.2) is 0 Å². The molecule has 0 spiro atoms. The van der Waals surface area contributed by atoms with Crippen molar-refractivity contribution in [3.8, 4) is 0 Å². The Morgan fingerprint density at radius 1 is 1.11 bits per heavy atom. The zero-order valence-corrected chi connectivity index (χ0v) is 11.4. The number of pyridine rings is 1. The van der Waals surface area contributed by atoms with Gasteiger partial charge in [-0.3, -0.25) is 9.36 Å². The zero-order chi connectivity index (χ0) is 13.5. The van der Waals surface area contributed by atoms with Gasteiger partial charge in [0.05, 0.1) is 0 Å². The maximum absolute atomic E-state index is 11.6. The van der Waals surface area contributed by atoms with Crippen LogP contribution >= 0.6 is 12.2 Å². The van der Waals surface area contributed by atoms with Crippen LogP contribution in [-0.2, 0) is 6.42 Å². The summed E-state index contributed by atoms with van der Waals surface area (Å²) in [5, 5.41) is 3.56. The molecule has 1 heterocycles. The molecular formula is C15H16N2OS. The van der Waals surface area contributed by atoms with E-state index >= 15 is 0 Å². The number of aryl methyl sites for hydroxylation is 1. The molecule has 0 aliphatic rings. The Kier molecular flexibility index (Phi) is 4.86. The molecular weight excluding hydrogens is 256 g/mol. The van der Waals surface area contributed by atoms with Crippen LogP contribution in [0.3, 0.4) is 0 Å². The Morgan fingerprint density at radius 3 is 2.58 bits per heavy atom. The fraction of sp³-hybridized carbons (Fsp3) is 0.200. The molecule has 3 nitrogen and oxygen atoms in total. The monoisotopic (exact) mass is 272 g/mol. The summed E-state index contributed by atoms with van der Waals surface area (Å²) < 4.78 is 1.44. The first kappa shape index (κ1) is 13.5. The number of aromatic nitrogens is 1. The SMILES string of the molecule is O=c1ccccn1C(=S)NCCCc1ccccc1. The Balaban J connectivity index is 1.79. The van der Waals surface area contributed by atoms with E-state index in [1.54, 1.807) is 18.3 Å². The van der Waals surface area contributed by atoms with E-state index in [1.807, 2.05) is 18.2 Å². The van der Waals surface area contributed by atoms with E-state index in [-0.39, 0.29) is 5.56 Å². The van der Waals surface area contributed by atoms with Crippen molar-refractivity contribution in [1.82, 2.24) is 9.88 Å². The van der Waals surface area contributed by atoms with Gasteiger partial charge in [-0.05, 0) is 36.7 Å². The Hall–Kier alpha value is -1.94. The second-order valence-electron chi connectivity index (χ2n) is 4.23. The number of hydrogen-bond acceptors (Lipinski definition) is 2. The average Bonchev–Trinajstić information content (AvgIpc) is 2.45. The van der Waals surface area contributed by atoms with Crippen LogP contribution in [0.25, 0.3) is 0 Å². The molecule has 0 atom stereocenters. The zero-order valence-electron chi connectivity index (χ0n) is 10.6. The van der Waals surface area contributed by atoms with Crippen LogP contribution in [0.4, 0.5) is 0 Å². The van der Waals surface area contributed by atoms with E-state index in [9.17, 15) is 4.79 Å². The van der Waals surface area contributed by atoms with Gasteiger partial charge in [-0.2, -0.15) is 0 Å². The maximum atomic E-state index is 11.6. The predicted octanol–water partition coefficient (Wildman–Crippen LogP) is 2.20. The summed E-state index contributed by atoms with van der Waals surface area (Å²) in [6.45, 7) is 0.759. The lowest BCUT2D eigenvalue weighted by molar-refractivity contribution is 0.763. The number of hydrogen-bond donors (Lipinski definition) is 1. The van der Waals surface area contributed by atoms with E-state index in [2.05, 4.69) is 17.4 Å². The van der Waals surface area contributed by atoms with Crippen LogP contribution in [0.2, 0.25) is 0 Å². The van der Waals surface area contributed by atoms with Crippen molar-refractivity contribution < 1.29 is 0 Å². The Morgan fingerprint density at radius 2 is 1.84 bits per heavy atom. The van der Waals surface area contributed by atoms with Crippen molar-refractivity contribution >= 4 is 17.3 Å². The third-order valence-corrected chi connectivity index (χ3v) is 3.14. The van der Waals surface area contributed by atoms with Crippen molar-refractivity contribution in [2.24, 2.45) is 0 Å². The lowest BCUT2D eigenvalue weighted by Gasteiger charge is -2.09. The Bertz CT molecular complexity index is 592. The summed E-state index contributed by atoms with van der Waals surface area (Å²) in [6.07, 6.45) is 3.65. The number of nitrogens with one attached hydrogen (secondary N) is 1. The maximum Gasteiger partial charge on any atom is 0.256 e. The molecule has 0 saturated heterocycles. The summed E-state index contributed by atoms with van der Waals surface area (Å²) in [6, 6.07) is 15.3. The standard InChI is InChI=1S/C15H16N2OS/c18-14-10-4-5-12-17(14)15(19)16-11-6-9-13-7-2-1-3-8-13/h1-5,7-8,10,12H,6,9,11H2,(H,16,19). The number of rotatable bonds is 4. The van der Waals surface area contributed by atoms with Crippen LogP contribution in [-0.4, -0.2) is 16.2 Å². The summed E-state index contributed by atoms with van der Waals surface area (Å²) >= 11 is 5.19. The van der Waals surface area contributed by atoms with Gasteiger partial charge in [0, 0.05) is 18.8 Å². The molecule has 0 unspecified atom stereocenters. The molecule has 1 aromatic carbocycles. The molecule has 0 fully saturated rings. The summed E-state index contributed by atoms with van der Waals surface area (Å²) in [4.78, 5) is 11.6. The summed E-state index contributed by atoms with van der Waals surface area (Å²) in [5.41, 5.74) is 1.20. The normalized spacial score (nSPS) is 10.1. The molecule has 19 heavy (non-hydrogen) atoms. The van der Waals surface area contributed by atoms with Crippen molar-refractivity contribution in [3.63, 3.8) is 0 Å². The van der Waals surface area contributed by atoms with Gasteiger partial charge < -0.3 is 5.32 Å². The number of thiocarbonyl (C=S) groups is 1. The first-order chi connectivity index (χ1) is 9.27. The van der Waals surface area contributed by atoms with E-state index in [4.69, 9.17) is 12.2 Å². The highest BCUT2D eigenvalue weighted by atomic mass is 32.1. The molecule has 2 aromatic rings. The number of nitrogens with zero attached hydrogens (tertiary/aromatic N) is 1. The van der Waals surface area contributed by atoms with E-state index < -0.39 is 0 Å². The molecule has 2 rings (SSSR count). The van der Waals surface area contributed by atoms with Gasteiger partial charge in [0.2, 0.25) is 0 Å². The van der Waals surface area contributed by atoms with Gasteiger partial charge in [0.25, 0.3) is 5.56 Å². The minimum atomic E-state index is -0.108. The van der Waals surface area contributed by atoms with Crippen LogP contribution in [0.1, 0.15) is 12.0 Å². The van der Waals surface area contributed by atoms with E-state index in [0.717, 1.165) is 19.4 Å². The summed E-state index contributed by atoms with van der Waals surface area (Å²) in [7, 11) is 0. The third kappa shape index (κ3) is 4.03. The molecule has 1 N–H and O–H groups in total. The van der Waals surface area contributed by atoms with E-state index in [1.165, 1.54) is 16.2 Å². The highest BCUT2D eigenvalue weighted by molar-refractivity contribution is 7.80. The average molecular weight is 272 g/mol. The van der Waals surface area contributed by atoms with Crippen LogP contribution in [0, 0.1) is 0 Å².